The third-order valence-corrected chi connectivity index (χ3v) is 10.3. The van der Waals surface area contributed by atoms with Gasteiger partial charge >= 0.3 is 5.97 Å². The van der Waals surface area contributed by atoms with Gasteiger partial charge in [-0.3, -0.25) is 4.79 Å². The zero-order chi connectivity index (χ0) is 20.5. The zero-order valence-electron chi connectivity index (χ0n) is 18.5. The molecule has 0 aromatic carbocycles. The van der Waals surface area contributed by atoms with Gasteiger partial charge in [-0.05, 0) is 86.5 Å². The molecule has 0 unspecified atom stereocenters. The predicted molar refractivity (Wildman–Crippen MR) is 111 cm³/mol. The molecule has 0 aromatic heterocycles. The lowest BCUT2D eigenvalue weighted by Gasteiger charge is -2.62. The molecule has 0 radical (unpaired) electrons. The zero-order valence-corrected chi connectivity index (χ0v) is 18.5. The van der Waals surface area contributed by atoms with Crippen LogP contribution < -0.4 is 0 Å². The summed E-state index contributed by atoms with van der Waals surface area (Å²) in [6, 6.07) is 0. The Morgan fingerprint density at radius 3 is 2.41 bits per heavy atom. The van der Waals surface area contributed by atoms with Crippen LogP contribution in [0.4, 0.5) is 0 Å². The second kappa shape index (κ2) is 6.56. The third kappa shape index (κ3) is 2.67. The maximum atomic E-state index is 11.7. The SMILES string of the molecule is C=C[C@]1(OC(C)=O)CC[C@@]2(C)[C@@H](CC[C@@H]3[C@H]2CC[C@@]2(C)[C@@H]3CCC23OCCO3)C1. The fraction of sp³-hybridized carbons (Fsp3) is 0.880. The Morgan fingerprint density at radius 1 is 1.00 bits per heavy atom. The highest BCUT2D eigenvalue weighted by molar-refractivity contribution is 5.66. The maximum absolute atomic E-state index is 11.7. The van der Waals surface area contributed by atoms with Crippen molar-refractivity contribution in [1.82, 2.24) is 0 Å². The van der Waals surface area contributed by atoms with Gasteiger partial charge < -0.3 is 14.2 Å². The Morgan fingerprint density at radius 2 is 1.72 bits per heavy atom. The van der Waals surface area contributed by atoms with Gasteiger partial charge in [0.05, 0.1) is 13.2 Å². The average molecular weight is 403 g/mol. The van der Waals surface area contributed by atoms with Crippen LogP contribution in [-0.4, -0.2) is 30.6 Å². The van der Waals surface area contributed by atoms with Crippen LogP contribution >= 0.6 is 0 Å². The van der Waals surface area contributed by atoms with Crippen LogP contribution in [-0.2, 0) is 19.0 Å². The Hall–Kier alpha value is -0.870. The van der Waals surface area contributed by atoms with Gasteiger partial charge in [0.15, 0.2) is 5.79 Å². The number of esters is 1. The second-order valence-corrected chi connectivity index (χ2v) is 11.2. The molecule has 0 amide bonds. The summed E-state index contributed by atoms with van der Waals surface area (Å²) in [5.74, 6) is 2.41. The van der Waals surface area contributed by atoms with Crippen LogP contribution in [0.3, 0.4) is 0 Å². The van der Waals surface area contributed by atoms with Crippen molar-refractivity contribution >= 4 is 5.97 Å². The van der Waals surface area contributed by atoms with Gasteiger partial charge in [-0.25, -0.2) is 0 Å². The number of rotatable bonds is 2. The first kappa shape index (κ1) is 20.1. The van der Waals surface area contributed by atoms with E-state index >= 15 is 0 Å². The van der Waals surface area contributed by atoms with Gasteiger partial charge in [0.1, 0.15) is 5.60 Å². The molecule has 29 heavy (non-hydrogen) atoms. The number of ether oxygens (including phenoxy) is 3. The Labute approximate surface area is 175 Å². The normalized spacial score (nSPS) is 50.4. The lowest BCUT2D eigenvalue weighted by Crippen LogP contribution is -2.58. The standard InChI is InChI=1S/C25H38O4/c1-5-24(29-17(2)26)13-12-22(3)18(16-24)6-7-19-20(22)8-10-23(4)21(19)9-11-25(23)27-14-15-28-25/h5,18-21H,1,6-16H2,2-4H3/t18-,19+,20+,21+,22-,23-,24-/m0/s1. The summed E-state index contributed by atoms with van der Waals surface area (Å²) < 4.78 is 18.4. The van der Waals surface area contributed by atoms with Crippen LogP contribution in [0.15, 0.2) is 12.7 Å². The number of hydrogen-bond donors (Lipinski definition) is 0. The molecule has 0 aromatic rings. The fourth-order valence-electron chi connectivity index (χ4n) is 8.75. The van der Waals surface area contributed by atoms with Crippen molar-refractivity contribution in [2.45, 2.75) is 89.9 Å². The molecular formula is C25H38O4. The van der Waals surface area contributed by atoms with Gasteiger partial charge in [0.2, 0.25) is 0 Å². The van der Waals surface area contributed by atoms with E-state index in [9.17, 15) is 4.79 Å². The summed E-state index contributed by atoms with van der Waals surface area (Å²) in [6.45, 7) is 12.1. The van der Waals surface area contributed by atoms with Crippen molar-refractivity contribution in [3.05, 3.63) is 12.7 Å². The van der Waals surface area contributed by atoms with Gasteiger partial charge in [0.25, 0.3) is 0 Å². The molecule has 1 aliphatic heterocycles. The van der Waals surface area contributed by atoms with Gasteiger partial charge in [-0.15, -0.1) is 0 Å². The quantitative estimate of drug-likeness (QED) is 0.467. The summed E-state index contributed by atoms with van der Waals surface area (Å²) in [5, 5.41) is 0. The third-order valence-electron chi connectivity index (χ3n) is 10.3. The molecule has 4 nitrogen and oxygen atoms in total. The smallest absolute Gasteiger partial charge is 0.303 e. The van der Waals surface area contributed by atoms with Crippen molar-refractivity contribution < 1.29 is 19.0 Å². The summed E-state index contributed by atoms with van der Waals surface area (Å²) >= 11 is 0. The first-order chi connectivity index (χ1) is 13.8. The molecular weight excluding hydrogens is 364 g/mol. The minimum atomic E-state index is -0.449. The van der Waals surface area contributed by atoms with Crippen LogP contribution in [0.25, 0.3) is 0 Å². The van der Waals surface area contributed by atoms with E-state index in [1.807, 2.05) is 6.08 Å². The monoisotopic (exact) mass is 402 g/mol. The van der Waals surface area contributed by atoms with Crippen LogP contribution in [0.5, 0.6) is 0 Å². The molecule has 1 spiro atoms. The van der Waals surface area contributed by atoms with Crippen LogP contribution in [0.1, 0.15) is 78.6 Å². The fourth-order valence-corrected chi connectivity index (χ4v) is 8.75. The van der Waals surface area contributed by atoms with Crippen molar-refractivity contribution in [2.75, 3.05) is 13.2 Å². The lowest BCUT2D eigenvalue weighted by molar-refractivity contribution is -0.248. The molecule has 0 N–H and O–H groups in total. The summed E-state index contributed by atoms with van der Waals surface area (Å²) in [4.78, 5) is 11.7. The molecule has 4 aliphatic carbocycles. The molecule has 1 saturated heterocycles. The van der Waals surface area contributed by atoms with E-state index in [1.165, 1.54) is 39.0 Å². The summed E-state index contributed by atoms with van der Waals surface area (Å²) in [5.41, 5.74) is 0.0736. The lowest BCUT2D eigenvalue weighted by atomic mass is 9.44. The average Bonchev–Trinajstić information content (AvgIpc) is 3.28. The van der Waals surface area contributed by atoms with Crippen molar-refractivity contribution in [3.8, 4) is 0 Å². The number of hydrogen-bond acceptors (Lipinski definition) is 4. The van der Waals surface area contributed by atoms with E-state index in [4.69, 9.17) is 14.2 Å². The van der Waals surface area contributed by atoms with E-state index in [0.29, 0.717) is 11.3 Å². The van der Waals surface area contributed by atoms with Crippen LogP contribution in [0, 0.1) is 34.5 Å². The van der Waals surface area contributed by atoms with Gasteiger partial charge in [-0.2, -0.15) is 0 Å². The largest absolute Gasteiger partial charge is 0.455 e. The van der Waals surface area contributed by atoms with E-state index in [0.717, 1.165) is 56.7 Å². The number of carbonyl (C=O) groups excluding carboxylic acids is 1. The Kier molecular flexibility index (Phi) is 4.54. The molecule has 0 bridgehead atoms. The molecule has 5 fully saturated rings. The molecule has 4 heteroatoms. The topological polar surface area (TPSA) is 44.8 Å². The van der Waals surface area contributed by atoms with E-state index < -0.39 is 5.60 Å². The van der Waals surface area contributed by atoms with Crippen molar-refractivity contribution in [3.63, 3.8) is 0 Å². The number of carbonyl (C=O) groups is 1. The van der Waals surface area contributed by atoms with Crippen molar-refractivity contribution in [1.29, 1.82) is 0 Å². The number of fused-ring (bicyclic) bond motifs is 6. The Bertz CT molecular complexity index is 697. The van der Waals surface area contributed by atoms with Gasteiger partial charge in [-0.1, -0.05) is 20.4 Å². The van der Waals surface area contributed by atoms with Gasteiger partial charge in [0, 0.05) is 18.8 Å². The minimum Gasteiger partial charge on any atom is -0.455 e. The first-order valence-electron chi connectivity index (χ1n) is 11.9. The predicted octanol–water partition coefficient (Wildman–Crippen LogP) is 5.26. The molecule has 7 atom stereocenters. The summed E-state index contributed by atoms with van der Waals surface area (Å²) in [6.07, 6.45) is 12.3. The highest BCUT2D eigenvalue weighted by Crippen LogP contribution is 2.70. The highest BCUT2D eigenvalue weighted by Gasteiger charge is 2.67. The van der Waals surface area contributed by atoms with E-state index in [-0.39, 0.29) is 17.2 Å². The van der Waals surface area contributed by atoms with Crippen LogP contribution in [0.2, 0.25) is 0 Å². The van der Waals surface area contributed by atoms with E-state index in [1.54, 1.807) is 0 Å². The molecule has 4 saturated carbocycles. The molecule has 5 rings (SSSR count). The molecule has 1 heterocycles. The Balaban J connectivity index is 1.39. The molecule has 162 valence electrons. The first-order valence-corrected chi connectivity index (χ1v) is 11.9. The second-order valence-electron chi connectivity index (χ2n) is 11.2. The summed E-state index contributed by atoms with van der Waals surface area (Å²) in [7, 11) is 0. The highest BCUT2D eigenvalue weighted by atomic mass is 16.7. The maximum Gasteiger partial charge on any atom is 0.303 e. The molecule has 5 aliphatic rings. The minimum absolute atomic E-state index is 0.172. The van der Waals surface area contributed by atoms with E-state index in [2.05, 4.69) is 20.4 Å². The van der Waals surface area contributed by atoms with Crippen molar-refractivity contribution in [2.24, 2.45) is 34.5 Å².